The quantitative estimate of drug-likeness (QED) is 0.753. The molecule has 1 unspecified atom stereocenters. The fraction of sp³-hybridized carbons (Fsp3) is 0.368. The van der Waals surface area contributed by atoms with Gasteiger partial charge in [0.15, 0.2) is 0 Å². The van der Waals surface area contributed by atoms with Crippen LogP contribution >= 0.6 is 0 Å². The Morgan fingerprint density at radius 3 is 2.43 bits per heavy atom. The van der Waals surface area contributed by atoms with E-state index in [4.69, 9.17) is 4.74 Å². The molecule has 0 aliphatic rings. The van der Waals surface area contributed by atoms with E-state index in [-0.39, 0.29) is 6.04 Å². The van der Waals surface area contributed by atoms with Crippen LogP contribution < -0.4 is 10.1 Å². The van der Waals surface area contributed by atoms with Gasteiger partial charge in [-0.1, -0.05) is 56.7 Å². The highest BCUT2D eigenvalue weighted by atomic mass is 16.5. The number of anilines is 1. The molecule has 0 amide bonds. The number of aryl methyl sites for hydroxylation is 1. The Morgan fingerprint density at radius 2 is 1.71 bits per heavy atom. The van der Waals surface area contributed by atoms with Crippen molar-refractivity contribution in [1.82, 2.24) is 0 Å². The van der Waals surface area contributed by atoms with E-state index < -0.39 is 0 Å². The second kappa shape index (κ2) is 7.72. The summed E-state index contributed by atoms with van der Waals surface area (Å²) in [6, 6.07) is 17.1. The van der Waals surface area contributed by atoms with Gasteiger partial charge in [0.25, 0.3) is 0 Å². The Hall–Kier alpha value is -1.96. The molecule has 0 aliphatic carbocycles. The number of para-hydroxylation sites is 2. The van der Waals surface area contributed by atoms with Crippen molar-refractivity contribution in [3.05, 3.63) is 59.7 Å². The molecular weight excluding hydrogens is 258 g/mol. The van der Waals surface area contributed by atoms with Gasteiger partial charge in [-0.25, -0.2) is 0 Å². The topological polar surface area (TPSA) is 21.3 Å². The molecular formula is C19H25NO. The maximum absolute atomic E-state index is 5.50. The predicted molar refractivity (Wildman–Crippen MR) is 90.1 cm³/mol. The van der Waals surface area contributed by atoms with Gasteiger partial charge in [0, 0.05) is 11.3 Å². The van der Waals surface area contributed by atoms with Gasteiger partial charge >= 0.3 is 0 Å². The molecule has 1 atom stereocenters. The van der Waals surface area contributed by atoms with Crippen LogP contribution in [0.4, 0.5) is 5.69 Å². The summed E-state index contributed by atoms with van der Waals surface area (Å²) >= 11 is 0. The van der Waals surface area contributed by atoms with E-state index in [1.165, 1.54) is 16.8 Å². The van der Waals surface area contributed by atoms with Crippen LogP contribution in [-0.2, 0) is 6.42 Å². The van der Waals surface area contributed by atoms with Gasteiger partial charge in [-0.15, -0.1) is 0 Å². The Bertz CT molecular complexity index is 565. The van der Waals surface area contributed by atoms with Crippen molar-refractivity contribution >= 4 is 5.69 Å². The van der Waals surface area contributed by atoms with Crippen LogP contribution in [0.1, 0.15) is 43.9 Å². The molecule has 2 aromatic rings. The minimum absolute atomic E-state index is 0.263. The lowest BCUT2D eigenvalue weighted by Gasteiger charge is -2.22. The zero-order chi connectivity index (χ0) is 15.1. The Kier molecular flexibility index (Phi) is 5.68. The van der Waals surface area contributed by atoms with Crippen molar-refractivity contribution in [2.75, 3.05) is 12.4 Å². The smallest absolute Gasteiger partial charge is 0.124 e. The highest BCUT2D eigenvalue weighted by Crippen LogP contribution is 2.31. The lowest BCUT2D eigenvalue weighted by atomic mass is 10.0. The predicted octanol–water partition coefficient (Wildman–Crippen LogP) is 5.21. The second-order valence-electron chi connectivity index (χ2n) is 5.25. The van der Waals surface area contributed by atoms with Crippen molar-refractivity contribution in [3.8, 4) is 5.75 Å². The van der Waals surface area contributed by atoms with Crippen molar-refractivity contribution in [3.63, 3.8) is 0 Å². The molecule has 0 radical (unpaired) electrons. The van der Waals surface area contributed by atoms with Crippen LogP contribution in [0, 0.1) is 0 Å². The standard InChI is InChI=1S/C19H25NO/c1-4-10-15-11-6-8-13-18(15)20-17(5-2)16-12-7-9-14-19(16)21-3/h6-9,11-14,17,20H,4-5,10H2,1-3H3. The number of nitrogens with one attached hydrogen (secondary N) is 1. The lowest BCUT2D eigenvalue weighted by Crippen LogP contribution is -2.12. The first-order valence-corrected chi connectivity index (χ1v) is 7.77. The molecule has 2 heteroatoms. The van der Waals surface area contributed by atoms with E-state index in [0.29, 0.717) is 0 Å². The first-order valence-electron chi connectivity index (χ1n) is 7.77. The van der Waals surface area contributed by atoms with Crippen LogP contribution in [-0.4, -0.2) is 7.11 Å². The molecule has 1 N–H and O–H groups in total. The zero-order valence-electron chi connectivity index (χ0n) is 13.2. The first kappa shape index (κ1) is 15.4. The van der Waals surface area contributed by atoms with Gasteiger partial charge in [-0.2, -0.15) is 0 Å². The number of hydrogen-bond donors (Lipinski definition) is 1. The Morgan fingerprint density at radius 1 is 1.00 bits per heavy atom. The van der Waals surface area contributed by atoms with E-state index >= 15 is 0 Å². The average molecular weight is 283 g/mol. The molecule has 0 aromatic heterocycles. The lowest BCUT2D eigenvalue weighted by molar-refractivity contribution is 0.406. The van der Waals surface area contributed by atoms with Crippen molar-refractivity contribution in [2.24, 2.45) is 0 Å². The minimum Gasteiger partial charge on any atom is -0.496 e. The van der Waals surface area contributed by atoms with Gasteiger partial charge in [0.05, 0.1) is 13.2 Å². The highest BCUT2D eigenvalue weighted by molar-refractivity contribution is 5.53. The third kappa shape index (κ3) is 3.78. The number of methoxy groups -OCH3 is 1. The summed E-state index contributed by atoms with van der Waals surface area (Å²) in [6.07, 6.45) is 3.27. The van der Waals surface area contributed by atoms with Crippen LogP contribution in [0.2, 0.25) is 0 Å². The van der Waals surface area contributed by atoms with E-state index in [1.807, 2.05) is 12.1 Å². The third-order valence-corrected chi connectivity index (χ3v) is 3.79. The Balaban J connectivity index is 2.27. The van der Waals surface area contributed by atoms with Crippen molar-refractivity contribution < 1.29 is 4.74 Å². The molecule has 2 aromatic carbocycles. The van der Waals surface area contributed by atoms with Crippen LogP contribution in [0.5, 0.6) is 5.75 Å². The summed E-state index contributed by atoms with van der Waals surface area (Å²) < 4.78 is 5.50. The van der Waals surface area contributed by atoms with E-state index in [0.717, 1.165) is 25.0 Å². The summed E-state index contributed by atoms with van der Waals surface area (Å²) in [5.41, 5.74) is 3.83. The minimum atomic E-state index is 0.263. The van der Waals surface area contributed by atoms with E-state index in [1.54, 1.807) is 7.11 Å². The molecule has 0 fully saturated rings. The van der Waals surface area contributed by atoms with Gasteiger partial charge < -0.3 is 10.1 Å². The maximum atomic E-state index is 5.50. The van der Waals surface area contributed by atoms with Crippen molar-refractivity contribution in [2.45, 2.75) is 39.2 Å². The summed E-state index contributed by atoms with van der Waals surface area (Å²) in [4.78, 5) is 0. The summed E-state index contributed by atoms with van der Waals surface area (Å²) in [7, 11) is 1.73. The summed E-state index contributed by atoms with van der Waals surface area (Å²) in [5.74, 6) is 0.949. The highest BCUT2D eigenvalue weighted by Gasteiger charge is 2.14. The van der Waals surface area contributed by atoms with Gasteiger partial charge in [-0.05, 0) is 30.5 Å². The monoisotopic (exact) mass is 283 g/mol. The first-order chi connectivity index (χ1) is 10.3. The van der Waals surface area contributed by atoms with Crippen LogP contribution in [0.25, 0.3) is 0 Å². The molecule has 0 aliphatic heterocycles. The number of hydrogen-bond acceptors (Lipinski definition) is 2. The largest absolute Gasteiger partial charge is 0.496 e. The Labute approximate surface area is 128 Å². The number of ether oxygens (including phenoxy) is 1. The molecule has 0 saturated heterocycles. The normalized spacial score (nSPS) is 12.0. The molecule has 0 bridgehead atoms. The van der Waals surface area contributed by atoms with E-state index in [2.05, 4.69) is 55.6 Å². The summed E-state index contributed by atoms with van der Waals surface area (Å²) in [6.45, 7) is 4.42. The molecule has 0 spiro atoms. The molecule has 2 nitrogen and oxygen atoms in total. The fourth-order valence-electron chi connectivity index (χ4n) is 2.69. The molecule has 0 heterocycles. The van der Waals surface area contributed by atoms with Gasteiger partial charge in [0.1, 0.15) is 5.75 Å². The van der Waals surface area contributed by atoms with Crippen LogP contribution in [0.3, 0.4) is 0 Å². The van der Waals surface area contributed by atoms with Gasteiger partial charge in [0.2, 0.25) is 0 Å². The van der Waals surface area contributed by atoms with Gasteiger partial charge in [-0.3, -0.25) is 0 Å². The molecule has 112 valence electrons. The molecule has 0 saturated carbocycles. The second-order valence-corrected chi connectivity index (χ2v) is 5.25. The third-order valence-electron chi connectivity index (χ3n) is 3.79. The van der Waals surface area contributed by atoms with Crippen LogP contribution in [0.15, 0.2) is 48.5 Å². The molecule has 21 heavy (non-hydrogen) atoms. The maximum Gasteiger partial charge on any atom is 0.124 e. The zero-order valence-corrected chi connectivity index (χ0v) is 13.2. The SMILES string of the molecule is CCCc1ccccc1NC(CC)c1ccccc1OC. The van der Waals surface area contributed by atoms with E-state index in [9.17, 15) is 0 Å². The summed E-state index contributed by atoms with van der Waals surface area (Å²) in [5, 5.41) is 3.69. The number of rotatable bonds is 7. The fourth-order valence-corrected chi connectivity index (χ4v) is 2.69. The van der Waals surface area contributed by atoms with Crippen molar-refractivity contribution in [1.29, 1.82) is 0 Å². The number of benzene rings is 2. The average Bonchev–Trinajstić information content (AvgIpc) is 2.54. The molecule has 2 rings (SSSR count).